The van der Waals surface area contributed by atoms with Crippen LogP contribution in [-0.4, -0.2) is 28.1 Å². The van der Waals surface area contributed by atoms with E-state index in [1.54, 1.807) is 28.4 Å². The molecule has 0 spiro atoms. The lowest BCUT2D eigenvalue weighted by Crippen LogP contribution is -2.27. The van der Waals surface area contributed by atoms with Crippen molar-refractivity contribution in [1.29, 1.82) is 0 Å². The maximum absolute atomic E-state index is 11.9. The lowest BCUT2D eigenvalue weighted by molar-refractivity contribution is -0.116. The second-order valence-corrected chi connectivity index (χ2v) is 5.60. The first-order chi connectivity index (χ1) is 10.1. The Kier molecular flexibility index (Phi) is 5.10. The fraction of sp³-hybridized carbons (Fsp3) is 0.357. The van der Waals surface area contributed by atoms with Crippen molar-refractivity contribution in [3.8, 4) is 0 Å². The van der Waals surface area contributed by atoms with Crippen LogP contribution in [0.4, 0.5) is 5.82 Å². The zero-order chi connectivity index (χ0) is 15.2. The summed E-state index contributed by atoms with van der Waals surface area (Å²) >= 11 is 1.46. The normalized spacial score (nSPS) is 10.6. The number of rotatable bonds is 6. The van der Waals surface area contributed by atoms with Crippen LogP contribution in [-0.2, 0) is 4.79 Å². The molecule has 0 aliphatic carbocycles. The Balaban J connectivity index is 1.77. The molecule has 2 heterocycles. The van der Waals surface area contributed by atoms with Gasteiger partial charge in [0.1, 0.15) is 5.82 Å². The van der Waals surface area contributed by atoms with E-state index < -0.39 is 0 Å². The average Bonchev–Trinajstić information content (AvgIpc) is 3.09. The standard InChI is InChI=1S/C14H18N4O2S/c1-10(2)18-12(3-7-16-18)17-13(19)4-6-15-14(20)11-5-8-21-9-11/h3,5,7-10H,4,6H2,1-2H3,(H,15,20)(H,17,19). The minimum absolute atomic E-state index is 0.150. The van der Waals surface area contributed by atoms with Crippen LogP contribution in [0.25, 0.3) is 0 Å². The van der Waals surface area contributed by atoms with Gasteiger partial charge in [-0.1, -0.05) is 0 Å². The largest absolute Gasteiger partial charge is 0.351 e. The third-order valence-electron chi connectivity index (χ3n) is 2.85. The third-order valence-corrected chi connectivity index (χ3v) is 3.53. The first kappa shape index (κ1) is 15.2. The number of nitrogens with zero attached hydrogens (tertiary/aromatic N) is 2. The fourth-order valence-electron chi connectivity index (χ4n) is 1.82. The van der Waals surface area contributed by atoms with Crippen molar-refractivity contribution in [2.75, 3.05) is 11.9 Å². The average molecular weight is 306 g/mol. The van der Waals surface area contributed by atoms with Crippen molar-refractivity contribution in [1.82, 2.24) is 15.1 Å². The van der Waals surface area contributed by atoms with Gasteiger partial charge in [-0.25, -0.2) is 4.68 Å². The number of aromatic nitrogens is 2. The highest BCUT2D eigenvalue weighted by atomic mass is 32.1. The van der Waals surface area contributed by atoms with Crippen LogP contribution in [0, 0.1) is 0 Å². The molecule has 2 N–H and O–H groups in total. The van der Waals surface area contributed by atoms with Gasteiger partial charge in [0, 0.05) is 36.0 Å². The number of amides is 2. The highest BCUT2D eigenvalue weighted by molar-refractivity contribution is 7.08. The smallest absolute Gasteiger partial charge is 0.252 e. The molecule has 2 aromatic heterocycles. The number of hydrogen-bond donors (Lipinski definition) is 2. The summed E-state index contributed by atoms with van der Waals surface area (Å²) in [5.74, 6) is 0.360. The first-order valence-corrected chi connectivity index (χ1v) is 7.66. The number of thiophene rings is 1. The summed E-state index contributed by atoms with van der Waals surface area (Å²) in [6, 6.07) is 3.68. The van der Waals surface area contributed by atoms with Crippen molar-refractivity contribution >= 4 is 29.0 Å². The molecule has 0 aliphatic heterocycles. The molecule has 0 fully saturated rings. The molecule has 21 heavy (non-hydrogen) atoms. The molecule has 0 saturated heterocycles. The van der Waals surface area contributed by atoms with E-state index in [0.29, 0.717) is 17.9 Å². The molecule has 0 bridgehead atoms. The fourth-order valence-corrected chi connectivity index (χ4v) is 2.45. The Labute approximate surface area is 127 Å². The SMILES string of the molecule is CC(C)n1nccc1NC(=O)CCNC(=O)c1ccsc1. The monoisotopic (exact) mass is 306 g/mol. The number of carbonyl (C=O) groups is 2. The minimum Gasteiger partial charge on any atom is -0.351 e. The van der Waals surface area contributed by atoms with Crippen molar-refractivity contribution in [3.63, 3.8) is 0 Å². The van der Waals surface area contributed by atoms with Crippen LogP contribution in [0.2, 0.25) is 0 Å². The van der Waals surface area contributed by atoms with E-state index in [2.05, 4.69) is 15.7 Å². The molecule has 0 unspecified atom stereocenters. The van der Waals surface area contributed by atoms with Crippen molar-refractivity contribution in [2.45, 2.75) is 26.3 Å². The number of carbonyl (C=O) groups excluding carboxylic acids is 2. The third kappa shape index (κ3) is 4.16. The molecule has 0 aliphatic rings. The molecule has 0 saturated carbocycles. The zero-order valence-corrected chi connectivity index (χ0v) is 12.8. The summed E-state index contributed by atoms with van der Waals surface area (Å²) in [6.45, 7) is 4.28. The van der Waals surface area contributed by atoms with Gasteiger partial charge < -0.3 is 10.6 Å². The molecule has 0 aromatic carbocycles. The molecule has 0 atom stereocenters. The summed E-state index contributed by atoms with van der Waals surface area (Å²) < 4.78 is 1.74. The molecule has 0 radical (unpaired) electrons. The van der Waals surface area contributed by atoms with Crippen LogP contribution in [0.5, 0.6) is 0 Å². The Hall–Kier alpha value is -2.15. The molecule has 2 aromatic rings. The quantitative estimate of drug-likeness (QED) is 0.859. The van der Waals surface area contributed by atoms with Gasteiger partial charge in [-0.2, -0.15) is 16.4 Å². The first-order valence-electron chi connectivity index (χ1n) is 6.71. The Morgan fingerprint density at radius 2 is 2.19 bits per heavy atom. The topological polar surface area (TPSA) is 76.0 Å². The van der Waals surface area contributed by atoms with Crippen molar-refractivity contribution in [2.24, 2.45) is 0 Å². The van der Waals surface area contributed by atoms with Crippen LogP contribution in [0.3, 0.4) is 0 Å². The van der Waals surface area contributed by atoms with Gasteiger partial charge >= 0.3 is 0 Å². The summed E-state index contributed by atoms with van der Waals surface area (Å²) in [5, 5.41) is 13.3. The molecular weight excluding hydrogens is 288 g/mol. The van der Waals surface area contributed by atoms with Crippen molar-refractivity contribution < 1.29 is 9.59 Å². The highest BCUT2D eigenvalue weighted by Gasteiger charge is 2.10. The summed E-state index contributed by atoms with van der Waals surface area (Å²) in [7, 11) is 0. The highest BCUT2D eigenvalue weighted by Crippen LogP contribution is 2.13. The minimum atomic E-state index is -0.156. The Morgan fingerprint density at radius 3 is 2.86 bits per heavy atom. The zero-order valence-electron chi connectivity index (χ0n) is 12.0. The van der Waals surface area contributed by atoms with E-state index >= 15 is 0 Å². The second kappa shape index (κ2) is 7.03. The molecule has 7 heteroatoms. The van der Waals surface area contributed by atoms with E-state index in [1.165, 1.54) is 11.3 Å². The Bertz CT molecular complexity index is 604. The predicted molar refractivity (Wildman–Crippen MR) is 82.5 cm³/mol. The molecular formula is C14H18N4O2S. The lowest BCUT2D eigenvalue weighted by Gasteiger charge is -2.11. The lowest BCUT2D eigenvalue weighted by atomic mass is 10.3. The predicted octanol–water partition coefficient (Wildman–Crippen LogP) is 2.28. The van der Waals surface area contributed by atoms with Gasteiger partial charge in [-0.3, -0.25) is 9.59 Å². The summed E-state index contributed by atoms with van der Waals surface area (Å²) in [6.07, 6.45) is 1.87. The van der Waals surface area contributed by atoms with Crippen LogP contribution in [0.15, 0.2) is 29.1 Å². The van der Waals surface area contributed by atoms with Crippen LogP contribution < -0.4 is 10.6 Å². The van der Waals surface area contributed by atoms with E-state index in [4.69, 9.17) is 0 Å². The Morgan fingerprint density at radius 1 is 1.38 bits per heavy atom. The maximum atomic E-state index is 11.9. The number of anilines is 1. The number of hydrogen-bond acceptors (Lipinski definition) is 4. The van der Waals surface area contributed by atoms with Crippen LogP contribution >= 0.6 is 11.3 Å². The van der Waals surface area contributed by atoms with Gasteiger partial charge in [-0.05, 0) is 25.3 Å². The van der Waals surface area contributed by atoms with E-state index in [-0.39, 0.29) is 24.3 Å². The number of nitrogens with one attached hydrogen (secondary N) is 2. The van der Waals surface area contributed by atoms with Gasteiger partial charge in [-0.15, -0.1) is 0 Å². The van der Waals surface area contributed by atoms with E-state index in [1.807, 2.05) is 19.2 Å². The van der Waals surface area contributed by atoms with Crippen LogP contribution in [0.1, 0.15) is 36.7 Å². The maximum Gasteiger partial charge on any atom is 0.252 e. The molecule has 6 nitrogen and oxygen atoms in total. The summed E-state index contributed by atoms with van der Waals surface area (Å²) in [4.78, 5) is 23.5. The van der Waals surface area contributed by atoms with Gasteiger partial charge in [0.15, 0.2) is 0 Å². The summed E-state index contributed by atoms with van der Waals surface area (Å²) in [5.41, 5.74) is 0.623. The van der Waals surface area contributed by atoms with Gasteiger partial charge in [0.2, 0.25) is 5.91 Å². The van der Waals surface area contributed by atoms with E-state index in [0.717, 1.165) is 0 Å². The van der Waals surface area contributed by atoms with Gasteiger partial charge in [0.05, 0.1) is 6.20 Å². The van der Waals surface area contributed by atoms with Gasteiger partial charge in [0.25, 0.3) is 5.91 Å². The van der Waals surface area contributed by atoms with E-state index in [9.17, 15) is 9.59 Å². The molecule has 2 amide bonds. The molecule has 2 rings (SSSR count). The molecule has 112 valence electrons. The van der Waals surface area contributed by atoms with Crippen molar-refractivity contribution in [3.05, 3.63) is 34.7 Å². The second-order valence-electron chi connectivity index (χ2n) is 4.82.